The zero-order valence-electron chi connectivity index (χ0n) is 11.6. The van der Waals surface area contributed by atoms with Crippen LogP contribution in [0.5, 0.6) is 0 Å². The van der Waals surface area contributed by atoms with E-state index in [9.17, 15) is 13.6 Å². The molecule has 0 aromatic carbocycles. The highest BCUT2D eigenvalue weighted by Gasteiger charge is 2.31. The molecule has 1 heterocycles. The number of nitrogens with zero attached hydrogens (tertiary/aromatic N) is 2. The van der Waals surface area contributed by atoms with Gasteiger partial charge in [-0.15, -0.1) is 0 Å². The van der Waals surface area contributed by atoms with E-state index >= 15 is 0 Å². The van der Waals surface area contributed by atoms with Crippen molar-refractivity contribution in [3.05, 3.63) is 0 Å². The molecule has 114 valence electrons. The van der Waals surface area contributed by atoms with Crippen molar-refractivity contribution >= 4 is 5.91 Å². The molecule has 1 saturated heterocycles. The Kier molecular flexibility index (Phi) is 7.41. The number of amides is 1. The Labute approximate surface area is 117 Å². The van der Waals surface area contributed by atoms with E-state index in [-0.39, 0.29) is 6.42 Å². The average Bonchev–Trinajstić information content (AvgIpc) is 2.45. The maximum Gasteiger partial charge on any atom is 0.254 e. The third-order valence-electron chi connectivity index (χ3n) is 3.27. The van der Waals surface area contributed by atoms with Gasteiger partial charge in [0.25, 0.3) is 6.43 Å². The molecule has 1 amide bonds. The van der Waals surface area contributed by atoms with Gasteiger partial charge in [0.1, 0.15) is 6.04 Å². The maximum absolute atomic E-state index is 13.1. The molecule has 0 saturated carbocycles. The van der Waals surface area contributed by atoms with Gasteiger partial charge in [-0.3, -0.25) is 9.69 Å². The Morgan fingerprint density at radius 2 is 2.10 bits per heavy atom. The lowest BCUT2D eigenvalue weighted by atomic mass is 10.1. The number of morpholine rings is 1. The van der Waals surface area contributed by atoms with E-state index in [1.165, 1.54) is 0 Å². The number of halogens is 2. The smallest absolute Gasteiger partial charge is 0.254 e. The van der Waals surface area contributed by atoms with Crippen molar-refractivity contribution in [2.45, 2.75) is 44.7 Å². The van der Waals surface area contributed by atoms with Crippen molar-refractivity contribution < 1.29 is 18.3 Å². The minimum absolute atomic E-state index is 0.292. The third kappa shape index (κ3) is 5.39. The molecule has 0 radical (unpaired) electrons. The molecule has 7 heteroatoms. The van der Waals surface area contributed by atoms with Crippen LogP contribution in [-0.4, -0.2) is 55.6 Å². The number of hydrogen-bond acceptors (Lipinski definition) is 4. The summed E-state index contributed by atoms with van der Waals surface area (Å²) in [5.74, 6) is -0.498. The van der Waals surface area contributed by atoms with Crippen LogP contribution in [-0.2, 0) is 9.53 Å². The van der Waals surface area contributed by atoms with Crippen LogP contribution in [0.3, 0.4) is 0 Å². The van der Waals surface area contributed by atoms with E-state index in [1.807, 2.05) is 13.0 Å². The highest BCUT2D eigenvalue weighted by molar-refractivity contribution is 5.77. The predicted octanol–water partition coefficient (Wildman–Crippen LogP) is 1.15. The van der Waals surface area contributed by atoms with E-state index in [1.54, 1.807) is 4.90 Å². The Balaban J connectivity index is 2.52. The first-order chi connectivity index (χ1) is 9.58. The minimum atomic E-state index is -2.59. The molecule has 1 rings (SSSR count). The molecule has 0 aromatic heterocycles. The first-order valence-corrected chi connectivity index (χ1v) is 6.87. The number of alkyl halides is 2. The third-order valence-corrected chi connectivity index (χ3v) is 3.27. The van der Waals surface area contributed by atoms with Crippen molar-refractivity contribution in [2.75, 3.05) is 26.3 Å². The van der Waals surface area contributed by atoms with Gasteiger partial charge in [-0.05, 0) is 6.42 Å². The first kappa shape index (κ1) is 16.8. The first-order valence-electron chi connectivity index (χ1n) is 6.87. The molecular formula is C13H21F2N3O2. The molecule has 2 unspecified atom stereocenters. The summed E-state index contributed by atoms with van der Waals surface area (Å²) in [7, 11) is 0. The summed E-state index contributed by atoms with van der Waals surface area (Å²) >= 11 is 0. The lowest BCUT2D eigenvalue weighted by Gasteiger charge is -2.33. The Bertz CT molecular complexity index is 341. The molecular weight excluding hydrogens is 268 g/mol. The van der Waals surface area contributed by atoms with Gasteiger partial charge in [0, 0.05) is 19.5 Å². The normalized spacial score (nSPS) is 19.4. The van der Waals surface area contributed by atoms with Crippen LogP contribution in [0, 0.1) is 11.3 Å². The summed E-state index contributed by atoms with van der Waals surface area (Å²) < 4.78 is 31.3. The number of nitriles is 1. The van der Waals surface area contributed by atoms with Crippen LogP contribution in [0.15, 0.2) is 0 Å². The highest BCUT2D eigenvalue weighted by Crippen LogP contribution is 2.15. The van der Waals surface area contributed by atoms with E-state index in [0.717, 1.165) is 6.42 Å². The molecule has 0 spiro atoms. The van der Waals surface area contributed by atoms with Crippen LogP contribution in [0.2, 0.25) is 0 Å². The lowest BCUT2D eigenvalue weighted by molar-refractivity contribution is -0.125. The molecule has 0 aromatic rings. The van der Waals surface area contributed by atoms with Crippen LogP contribution in [0.1, 0.15) is 26.2 Å². The molecule has 5 nitrogen and oxygen atoms in total. The van der Waals surface area contributed by atoms with Crippen molar-refractivity contribution in [3.8, 4) is 6.07 Å². The van der Waals surface area contributed by atoms with E-state index < -0.39 is 24.4 Å². The van der Waals surface area contributed by atoms with Gasteiger partial charge in [-0.1, -0.05) is 13.3 Å². The molecule has 20 heavy (non-hydrogen) atoms. The van der Waals surface area contributed by atoms with Gasteiger partial charge >= 0.3 is 0 Å². The number of nitrogens with one attached hydrogen (secondary N) is 1. The summed E-state index contributed by atoms with van der Waals surface area (Å²) in [6, 6.07) is 0.250. The maximum atomic E-state index is 13.1. The SMILES string of the molecule is CCCC(C#N)NC(=O)CC(C(F)F)N1CCOCC1. The van der Waals surface area contributed by atoms with Gasteiger partial charge in [-0.2, -0.15) is 5.26 Å². The zero-order valence-corrected chi connectivity index (χ0v) is 11.6. The number of hydrogen-bond donors (Lipinski definition) is 1. The fraction of sp³-hybridized carbons (Fsp3) is 0.846. The Morgan fingerprint density at radius 1 is 1.45 bits per heavy atom. The number of carbonyl (C=O) groups is 1. The van der Waals surface area contributed by atoms with Crippen molar-refractivity contribution in [2.24, 2.45) is 0 Å². The van der Waals surface area contributed by atoms with Gasteiger partial charge in [-0.25, -0.2) is 8.78 Å². The van der Waals surface area contributed by atoms with Gasteiger partial charge in [0.05, 0.1) is 25.3 Å². The summed E-state index contributed by atoms with van der Waals surface area (Å²) in [4.78, 5) is 13.4. The monoisotopic (exact) mass is 289 g/mol. The Hall–Kier alpha value is -1.26. The van der Waals surface area contributed by atoms with Crippen LogP contribution >= 0.6 is 0 Å². The van der Waals surface area contributed by atoms with E-state index in [4.69, 9.17) is 10.00 Å². The second-order valence-electron chi connectivity index (χ2n) is 4.79. The Morgan fingerprint density at radius 3 is 2.60 bits per heavy atom. The van der Waals surface area contributed by atoms with Gasteiger partial charge in [0.15, 0.2) is 0 Å². The van der Waals surface area contributed by atoms with Crippen LogP contribution in [0.4, 0.5) is 8.78 Å². The van der Waals surface area contributed by atoms with E-state index in [2.05, 4.69) is 5.32 Å². The molecule has 1 aliphatic rings. The van der Waals surface area contributed by atoms with Crippen molar-refractivity contribution in [1.82, 2.24) is 10.2 Å². The molecule has 1 aliphatic heterocycles. The van der Waals surface area contributed by atoms with Gasteiger partial charge < -0.3 is 10.1 Å². The number of ether oxygens (including phenoxy) is 1. The second-order valence-corrected chi connectivity index (χ2v) is 4.79. The molecule has 2 atom stereocenters. The molecule has 1 N–H and O–H groups in total. The summed E-state index contributed by atoms with van der Waals surface area (Å²) in [5, 5.41) is 11.4. The van der Waals surface area contributed by atoms with E-state index in [0.29, 0.717) is 32.7 Å². The van der Waals surface area contributed by atoms with Crippen LogP contribution < -0.4 is 5.32 Å². The summed E-state index contributed by atoms with van der Waals surface area (Å²) in [6.45, 7) is 3.51. The minimum Gasteiger partial charge on any atom is -0.379 e. The second kappa shape index (κ2) is 8.82. The molecule has 0 aliphatic carbocycles. The molecule has 0 bridgehead atoms. The number of rotatable bonds is 7. The fourth-order valence-electron chi connectivity index (χ4n) is 2.19. The van der Waals surface area contributed by atoms with Crippen molar-refractivity contribution in [3.63, 3.8) is 0 Å². The number of carbonyl (C=O) groups excluding carboxylic acids is 1. The predicted molar refractivity (Wildman–Crippen MR) is 69.3 cm³/mol. The van der Waals surface area contributed by atoms with Crippen LogP contribution in [0.25, 0.3) is 0 Å². The quantitative estimate of drug-likeness (QED) is 0.763. The summed E-state index contributed by atoms with van der Waals surface area (Å²) in [5.41, 5.74) is 0. The van der Waals surface area contributed by atoms with Crippen molar-refractivity contribution in [1.29, 1.82) is 5.26 Å². The molecule has 1 fully saturated rings. The highest BCUT2D eigenvalue weighted by atomic mass is 19.3. The van der Waals surface area contributed by atoms with Gasteiger partial charge in [0.2, 0.25) is 5.91 Å². The largest absolute Gasteiger partial charge is 0.379 e. The lowest BCUT2D eigenvalue weighted by Crippen LogP contribution is -2.49. The average molecular weight is 289 g/mol. The summed E-state index contributed by atoms with van der Waals surface area (Å²) in [6.07, 6.45) is -1.61. The zero-order chi connectivity index (χ0) is 15.0. The standard InChI is InChI=1S/C13H21F2N3O2/c1-2-3-10(9-16)17-12(19)8-11(13(14)15)18-4-6-20-7-5-18/h10-11,13H,2-8H2,1H3,(H,17,19). The fourth-order valence-corrected chi connectivity index (χ4v) is 2.19. The topological polar surface area (TPSA) is 65.4 Å².